The summed E-state index contributed by atoms with van der Waals surface area (Å²) in [6.45, 7) is 1.02. The molecule has 0 spiro atoms. The molecule has 1 saturated heterocycles. The first-order valence-corrected chi connectivity index (χ1v) is 9.25. The van der Waals surface area contributed by atoms with Crippen molar-refractivity contribution in [2.75, 3.05) is 12.3 Å². The van der Waals surface area contributed by atoms with Crippen molar-refractivity contribution < 1.29 is 0 Å². The topological polar surface area (TPSA) is 3.24 Å². The number of thioether (sulfide) groups is 1. The molecule has 0 aliphatic carbocycles. The molecule has 1 unspecified atom stereocenters. The van der Waals surface area contributed by atoms with Crippen LogP contribution in [0.25, 0.3) is 10.8 Å². The Labute approximate surface area is 145 Å². The van der Waals surface area contributed by atoms with Crippen molar-refractivity contribution in [3.05, 3.63) is 83.4 Å². The van der Waals surface area contributed by atoms with E-state index in [4.69, 9.17) is 12.2 Å². The van der Waals surface area contributed by atoms with Gasteiger partial charge in [0, 0.05) is 29.0 Å². The molecule has 112 valence electrons. The Kier molecular flexibility index (Phi) is 2.85. The van der Waals surface area contributed by atoms with Crippen LogP contribution in [0.5, 0.6) is 0 Å². The van der Waals surface area contributed by atoms with Gasteiger partial charge in [0.05, 0.1) is 0 Å². The van der Waals surface area contributed by atoms with E-state index in [-0.39, 0.29) is 4.87 Å². The minimum Gasteiger partial charge on any atom is -0.339 e. The highest BCUT2D eigenvalue weighted by Gasteiger charge is 2.52. The monoisotopic (exact) mass is 333 g/mol. The lowest BCUT2D eigenvalue weighted by molar-refractivity contribution is 0.389. The summed E-state index contributed by atoms with van der Waals surface area (Å²) in [4.78, 5) is 3.27. The predicted molar refractivity (Wildman–Crippen MR) is 102 cm³/mol. The van der Waals surface area contributed by atoms with E-state index in [0.29, 0.717) is 0 Å². The fraction of sp³-hybridized carbons (Fsp3) is 0.150. The van der Waals surface area contributed by atoms with E-state index in [1.807, 2.05) is 11.8 Å². The van der Waals surface area contributed by atoms with E-state index in [2.05, 4.69) is 71.6 Å². The van der Waals surface area contributed by atoms with Crippen LogP contribution in [-0.2, 0) is 4.87 Å². The Morgan fingerprint density at radius 3 is 2.57 bits per heavy atom. The lowest BCUT2D eigenvalue weighted by Crippen LogP contribution is -2.37. The Morgan fingerprint density at radius 2 is 1.61 bits per heavy atom. The van der Waals surface area contributed by atoms with Gasteiger partial charge in [-0.15, -0.1) is 11.8 Å². The lowest BCUT2D eigenvalue weighted by atomic mass is 9.92. The van der Waals surface area contributed by atoms with E-state index in [0.717, 1.165) is 17.3 Å². The molecule has 0 bridgehead atoms. The average Bonchev–Trinajstić information content (AvgIpc) is 3.14. The van der Waals surface area contributed by atoms with Gasteiger partial charge in [-0.3, -0.25) is 0 Å². The lowest BCUT2D eigenvalue weighted by Gasteiger charge is -2.34. The third-order valence-corrected chi connectivity index (χ3v) is 6.83. The highest BCUT2D eigenvalue weighted by atomic mass is 32.2. The number of hydrogen-bond acceptors (Lipinski definition) is 2. The van der Waals surface area contributed by atoms with E-state index in [1.54, 1.807) is 0 Å². The molecule has 0 saturated carbocycles. The van der Waals surface area contributed by atoms with E-state index in [9.17, 15) is 0 Å². The van der Waals surface area contributed by atoms with Gasteiger partial charge < -0.3 is 4.90 Å². The van der Waals surface area contributed by atoms with Crippen molar-refractivity contribution in [1.82, 2.24) is 4.90 Å². The molecule has 3 aromatic rings. The van der Waals surface area contributed by atoms with Crippen LogP contribution in [0.4, 0.5) is 0 Å². The maximum absolute atomic E-state index is 5.82. The highest BCUT2D eigenvalue weighted by Crippen LogP contribution is 2.56. The maximum Gasteiger partial charge on any atom is 0.140 e. The van der Waals surface area contributed by atoms with Crippen molar-refractivity contribution in [2.45, 2.75) is 4.87 Å². The molecule has 0 aromatic heterocycles. The Morgan fingerprint density at radius 1 is 0.870 bits per heavy atom. The third kappa shape index (κ3) is 1.67. The first-order valence-electron chi connectivity index (χ1n) is 7.86. The minimum absolute atomic E-state index is 0.158. The van der Waals surface area contributed by atoms with Gasteiger partial charge in [0.25, 0.3) is 0 Å². The van der Waals surface area contributed by atoms with Crippen LogP contribution in [0.15, 0.2) is 66.7 Å². The molecule has 2 heterocycles. The van der Waals surface area contributed by atoms with Crippen molar-refractivity contribution >= 4 is 39.7 Å². The number of benzene rings is 3. The van der Waals surface area contributed by atoms with Crippen LogP contribution in [0.2, 0.25) is 0 Å². The molecule has 3 aromatic carbocycles. The minimum atomic E-state index is -0.158. The molecule has 1 atom stereocenters. The number of nitrogens with zero attached hydrogens (tertiary/aromatic N) is 1. The summed E-state index contributed by atoms with van der Waals surface area (Å²) in [5.74, 6) is 1.11. The summed E-state index contributed by atoms with van der Waals surface area (Å²) in [5.41, 5.74) is 3.94. The van der Waals surface area contributed by atoms with Crippen LogP contribution in [0.3, 0.4) is 0 Å². The van der Waals surface area contributed by atoms with Crippen LogP contribution in [0, 0.1) is 0 Å². The second kappa shape index (κ2) is 4.83. The molecule has 23 heavy (non-hydrogen) atoms. The number of fused-ring (bicyclic) bond motifs is 4. The van der Waals surface area contributed by atoms with Crippen molar-refractivity contribution in [2.24, 2.45) is 0 Å². The molecular weight excluding hydrogens is 318 g/mol. The quantitative estimate of drug-likeness (QED) is 0.590. The zero-order valence-corrected chi connectivity index (χ0v) is 14.2. The average molecular weight is 333 g/mol. The molecular formula is C20H15NS2. The van der Waals surface area contributed by atoms with E-state index >= 15 is 0 Å². The van der Waals surface area contributed by atoms with Gasteiger partial charge in [0.2, 0.25) is 0 Å². The van der Waals surface area contributed by atoms with Crippen LogP contribution >= 0.6 is 24.0 Å². The zero-order valence-electron chi connectivity index (χ0n) is 12.5. The predicted octanol–water partition coefficient (Wildman–Crippen LogP) is 4.78. The van der Waals surface area contributed by atoms with Gasteiger partial charge in [0.15, 0.2) is 0 Å². The molecule has 5 rings (SSSR count). The largest absolute Gasteiger partial charge is 0.339 e. The first-order chi connectivity index (χ1) is 11.3. The molecule has 1 fully saturated rings. The third-order valence-electron chi connectivity index (χ3n) is 4.93. The maximum atomic E-state index is 5.82. The van der Waals surface area contributed by atoms with Crippen molar-refractivity contribution in [3.63, 3.8) is 0 Å². The van der Waals surface area contributed by atoms with Crippen LogP contribution in [0.1, 0.15) is 16.7 Å². The fourth-order valence-corrected chi connectivity index (χ4v) is 6.03. The second-order valence-electron chi connectivity index (χ2n) is 6.02. The SMILES string of the molecule is S=C1c2ccccc2C2(c3cccc4ccccc34)SCCN12. The van der Waals surface area contributed by atoms with Crippen molar-refractivity contribution in [1.29, 1.82) is 0 Å². The van der Waals surface area contributed by atoms with Gasteiger partial charge in [-0.2, -0.15) is 0 Å². The zero-order chi connectivity index (χ0) is 15.4. The summed E-state index contributed by atoms with van der Waals surface area (Å²) in [5, 5.41) is 2.62. The summed E-state index contributed by atoms with van der Waals surface area (Å²) in [6.07, 6.45) is 0. The Hall–Kier alpha value is -1.84. The molecule has 1 nitrogen and oxygen atoms in total. The first kappa shape index (κ1) is 13.6. The summed E-state index contributed by atoms with van der Waals surface area (Å²) in [7, 11) is 0. The van der Waals surface area contributed by atoms with E-state index < -0.39 is 0 Å². The van der Waals surface area contributed by atoms with Gasteiger partial charge in [-0.1, -0.05) is 78.9 Å². The summed E-state index contributed by atoms with van der Waals surface area (Å²) < 4.78 is 0. The number of thiocarbonyl (C=S) groups is 1. The van der Waals surface area contributed by atoms with Crippen LogP contribution < -0.4 is 0 Å². The molecule has 2 aliphatic heterocycles. The molecule has 0 radical (unpaired) electrons. The van der Waals surface area contributed by atoms with Crippen LogP contribution in [-0.4, -0.2) is 22.2 Å². The molecule has 0 amide bonds. The summed E-state index contributed by atoms with van der Waals surface area (Å²) in [6, 6.07) is 24.0. The molecule has 0 N–H and O–H groups in total. The second-order valence-corrected chi connectivity index (χ2v) is 7.70. The normalized spacial score (nSPS) is 22.4. The number of rotatable bonds is 1. The fourth-order valence-electron chi connectivity index (χ4n) is 3.99. The Balaban J connectivity index is 1.89. The smallest absolute Gasteiger partial charge is 0.140 e. The van der Waals surface area contributed by atoms with E-state index in [1.165, 1.54) is 27.5 Å². The van der Waals surface area contributed by atoms with Crippen molar-refractivity contribution in [3.8, 4) is 0 Å². The Bertz CT molecular complexity index is 944. The number of hydrogen-bond donors (Lipinski definition) is 0. The van der Waals surface area contributed by atoms with Gasteiger partial charge >= 0.3 is 0 Å². The van der Waals surface area contributed by atoms with Gasteiger partial charge in [-0.25, -0.2) is 0 Å². The highest BCUT2D eigenvalue weighted by molar-refractivity contribution is 8.00. The molecule has 2 aliphatic rings. The standard InChI is InChI=1S/C20H15NS2/c22-19-16-9-3-4-10-18(16)20(21(19)12-13-23-20)17-11-5-7-14-6-1-2-8-15(14)17/h1-11H,12-13H2. The van der Waals surface area contributed by atoms with Gasteiger partial charge in [-0.05, 0) is 10.8 Å². The van der Waals surface area contributed by atoms with Gasteiger partial charge in [0.1, 0.15) is 9.86 Å². The molecule has 3 heteroatoms. The summed E-state index contributed by atoms with van der Waals surface area (Å²) >= 11 is 7.83.